The highest BCUT2D eigenvalue weighted by molar-refractivity contribution is 5.86. The Morgan fingerprint density at radius 3 is 2.59 bits per heavy atom. The quantitative estimate of drug-likeness (QED) is 0.850. The largest absolute Gasteiger partial charge is 0.379 e. The van der Waals surface area contributed by atoms with Gasteiger partial charge in [-0.25, -0.2) is 4.39 Å². The molecule has 1 N–H and O–H groups in total. The normalized spacial score (nSPS) is 20.3. The van der Waals surface area contributed by atoms with Gasteiger partial charge >= 0.3 is 0 Å². The zero-order chi connectivity index (χ0) is 19.4. The van der Waals surface area contributed by atoms with Crippen LogP contribution in [-0.4, -0.2) is 46.6 Å². The number of carbonyl (C=O) groups excluding carboxylic acids is 1. The van der Waals surface area contributed by atoms with E-state index in [1.165, 1.54) is 11.6 Å². The van der Waals surface area contributed by atoms with E-state index in [1.807, 2.05) is 18.9 Å². The van der Waals surface area contributed by atoms with Crippen LogP contribution in [0, 0.1) is 12.7 Å². The summed E-state index contributed by atoms with van der Waals surface area (Å²) >= 11 is 0. The van der Waals surface area contributed by atoms with Crippen molar-refractivity contribution in [2.75, 3.05) is 20.1 Å². The summed E-state index contributed by atoms with van der Waals surface area (Å²) in [5, 5.41) is 11.0. The van der Waals surface area contributed by atoms with E-state index in [2.05, 4.69) is 24.3 Å². The minimum atomic E-state index is -1.43. The van der Waals surface area contributed by atoms with E-state index in [1.54, 1.807) is 23.1 Å². The molecule has 2 aromatic carbocycles. The highest BCUT2D eigenvalue weighted by Crippen LogP contribution is 2.26. The van der Waals surface area contributed by atoms with E-state index in [0.29, 0.717) is 31.5 Å². The average molecular weight is 370 g/mol. The Morgan fingerprint density at radius 1 is 1.19 bits per heavy atom. The van der Waals surface area contributed by atoms with Gasteiger partial charge in [-0.15, -0.1) is 0 Å². The number of likely N-dealkylation sites (tertiary alicyclic amines) is 1. The monoisotopic (exact) mass is 370 g/mol. The van der Waals surface area contributed by atoms with E-state index in [-0.39, 0.29) is 24.8 Å². The zero-order valence-electron chi connectivity index (χ0n) is 16.0. The van der Waals surface area contributed by atoms with Gasteiger partial charge < -0.3 is 10.0 Å². The van der Waals surface area contributed by atoms with Crippen LogP contribution in [0.25, 0.3) is 0 Å². The predicted octanol–water partition coefficient (Wildman–Crippen LogP) is 3.12. The Morgan fingerprint density at radius 2 is 1.89 bits per heavy atom. The van der Waals surface area contributed by atoms with Gasteiger partial charge in [0, 0.05) is 31.7 Å². The number of benzene rings is 2. The van der Waals surface area contributed by atoms with E-state index in [4.69, 9.17) is 0 Å². The molecule has 1 aliphatic rings. The molecule has 0 aromatic heterocycles. The van der Waals surface area contributed by atoms with Crippen LogP contribution in [-0.2, 0) is 17.9 Å². The van der Waals surface area contributed by atoms with Crippen molar-refractivity contribution < 1.29 is 14.3 Å². The van der Waals surface area contributed by atoms with Crippen molar-refractivity contribution in [2.45, 2.75) is 38.5 Å². The first-order valence-corrected chi connectivity index (χ1v) is 9.37. The van der Waals surface area contributed by atoms with Crippen LogP contribution in [0.2, 0.25) is 0 Å². The maximum atomic E-state index is 13.9. The molecule has 1 heterocycles. The van der Waals surface area contributed by atoms with Crippen molar-refractivity contribution in [1.29, 1.82) is 0 Å². The lowest BCUT2D eigenvalue weighted by atomic mass is 9.90. The number of nitrogens with zero attached hydrogens (tertiary/aromatic N) is 2. The Kier molecular flexibility index (Phi) is 5.92. The highest BCUT2D eigenvalue weighted by atomic mass is 19.1. The van der Waals surface area contributed by atoms with Gasteiger partial charge in [0.15, 0.2) is 5.60 Å². The van der Waals surface area contributed by atoms with Crippen molar-refractivity contribution in [1.82, 2.24) is 9.80 Å². The highest BCUT2D eigenvalue weighted by Gasteiger charge is 2.42. The lowest BCUT2D eigenvalue weighted by Gasteiger charge is -2.40. The van der Waals surface area contributed by atoms with Crippen LogP contribution in [0.3, 0.4) is 0 Å². The minimum absolute atomic E-state index is 0.190. The predicted molar refractivity (Wildman–Crippen MR) is 104 cm³/mol. The Labute approximate surface area is 160 Å². The SMILES string of the molecule is Cc1ccc(CN(C)C[C@]2(O)CCCN(Cc3ccccc3F)C2=O)cc1. The van der Waals surface area contributed by atoms with Crippen LogP contribution in [0.1, 0.15) is 29.5 Å². The van der Waals surface area contributed by atoms with Crippen molar-refractivity contribution in [2.24, 2.45) is 0 Å². The summed E-state index contributed by atoms with van der Waals surface area (Å²) in [6.45, 7) is 3.68. The first-order valence-electron chi connectivity index (χ1n) is 9.37. The molecule has 1 saturated heterocycles. The number of aliphatic hydroxyl groups is 1. The second kappa shape index (κ2) is 8.19. The Hall–Kier alpha value is -2.24. The summed E-state index contributed by atoms with van der Waals surface area (Å²) in [7, 11) is 1.90. The Balaban J connectivity index is 1.65. The summed E-state index contributed by atoms with van der Waals surface area (Å²) in [6.07, 6.45) is 1.13. The molecule has 1 amide bonds. The lowest BCUT2D eigenvalue weighted by molar-refractivity contribution is -0.160. The molecular formula is C22H27FN2O2. The van der Waals surface area contributed by atoms with Crippen molar-refractivity contribution in [3.63, 3.8) is 0 Å². The number of hydrogen-bond acceptors (Lipinski definition) is 3. The molecule has 27 heavy (non-hydrogen) atoms. The molecule has 0 spiro atoms. The fourth-order valence-corrected chi connectivity index (χ4v) is 3.70. The van der Waals surface area contributed by atoms with Crippen LogP contribution >= 0.6 is 0 Å². The van der Waals surface area contributed by atoms with E-state index in [9.17, 15) is 14.3 Å². The molecule has 144 valence electrons. The molecule has 0 saturated carbocycles. The maximum Gasteiger partial charge on any atom is 0.256 e. The molecule has 1 atom stereocenters. The van der Waals surface area contributed by atoms with Crippen LogP contribution in [0.15, 0.2) is 48.5 Å². The molecule has 0 bridgehead atoms. The standard InChI is InChI=1S/C22H27FN2O2/c1-17-8-10-18(11-9-17)14-24(2)16-22(27)12-5-13-25(21(22)26)15-19-6-3-4-7-20(19)23/h3-4,6-11,27H,5,12-16H2,1-2H3/t22-/m1/s1. The van der Waals surface area contributed by atoms with Crippen LogP contribution < -0.4 is 0 Å². The second-order valence-corrected chi connectivity index (χ2v) is 7.61. The third-order valence-electron chi connectivity index (χ3n) is 5.13. The minimum Gasteiger partial charge on any atom is -0.379 e. The van der Waals surface area contributed by atoms with E-state index >= 15 is 0 Å². The maximum absolute atomic E-state index is 13.9. The number of amides is 1. The molecule has 0 aliphatic carbocycles. The van der Waals surface area contributed by atoms with Gasteiger partial charge in [0.1, 0.15) is 5.82 Å². The fraction of sp³-hybridized carbons (Fsp3) is 0.409. The summed E-state index contributed by atoms with van der Waals surface area (Å²) in [5.41, 5.74) is 1.38. The van der Waals surface area contributed by atoms with Gasteiger partial charge in [-0.05, 0) is 38.4 Å². The number of likely N-dealkylation sites (N-methyl/N-ethyl adjacent to an activating group) is 1. The number of carbonyl (C=O) groups is 1. The van der Waals surface area contributed by atoms with Gasteiger partial charge in [-0.1, -0.05) is 48.0 Å². The number of rotatable bonds is 6. The smallest absolute Gasteiger partial charge is 0.256 e. The number of halogens is 1. The average Bonchev–Trinajstić information content (AvgIpc) is 2.63. The molecule has 2 aromatic rings. The zero-order valence-corrected chi connectivity index (χ0v) is 16.0. The molecule has 1 aliphatic heterocycles. The van der Waals surface area contributed by atoms with Gasteiger partial charge in [-0.2, -0.15) is 0 Å². The third-order valence-corrected chi connectivity index (χ3v) is 5.13. The van der Waals surface area contributed by atoms with Crippen molar-refractivity contribution >= 4 is 5.91 Å². The molecule has 3 rings (SSSR count). The molecule has 4 nitrogen and oxygen atoms in total. The van der Waals surface area contributed by atoms with Crippen molar-refractivity contribution in [3.05, 3.63) is 71.0 Å². The van der Waals surface area contributed by atoms with Crippen molar-refractivity contribution in [3.8, 4) is 0 Å². The number of aryl methyl sites for hydroxylation is 1. The topological polar surface area (TPSA) is 43.8 Å². The molecule has 0 unspecified atom stereocenters. The number of piperidine rings is 1. The number of hydrogen-bond donors (Lipinski definition) is 1. The first kappa shape index (κ1) is 19.5. The first-order chi connectivity index (χ1) is 12.9. The summed E-state index contributed by atoms with van der Waals surface area (Å²) in [6, 6.07) is 14.7. The van der Waals surface area contributed by atoms with Gasteiger partial charge in [0.2, 0.25) is 0 Å². The summed E-state index contributed by atoms with van der Waals surface area (Å²) < 4.78 is 13.9. The fourth-order valence-electron chi connectivity index (χ4n) is 3.70. The molecule has 0 radical (unpaired) electrons. The van der Waals surface area contributed by atoms with E-state index in [0.717, 1.165) is 5.56 Å². The molecule has 1 fully saturated rings. The summed E-state index contributed by atoms with van der Waals surface area (Å²) in [4.78, 5) is 16.5. The van der Waals surface area contributed by atoms with Crippen LogP contribution in [0.5, 0.6) is 0 Å². The third kappa shape index (κ3) is 4.73. The van der Waals surface area contributed by atoms with E-state index < -0.39 is 5.60 Å². The van der Waals surface area contributed by atoms with Gasteiger partial charge in [-0.3, -0.25) is 9.69 Å². The van der Waals surface area contributed by atoms with Gasteiger partial charge in [0.05, 0.1) is 0 Å². The molecular weight excluding hydrogens is 343 g/mol. The summed E-state index contributed by atoms with van der Waals surface area (Å²) in [5.74, 6) is -0.635. The second-order valence-electron chi connectivity index (χ2n) is 7.61. The Bertz CT molecular complexity index is 793. The molecule has 5 heteroatoms. The van der Waals surface area contributed by atoms with Gasteiger partial charge in [0.25, 0.3) is 5.91 Å². The lowest BCUT2D eigenvalue weighted by Crippen LogP contribution is -2.57. The van der Waals surface area contributed by atoms with Crippen LogP contribution in [0.4, 0.5) is 4.39 Å².